The molecule has 0 unspecified atom stereocenters. The monoisotopic (exact) mass is 342 g/mol. The maximum atomic E-state index is 6.01. The normalized spacial score (nSPS) is 10.7. The summed E-state index contributed by atoms with van der Waals surface area (Å²) in [5.74, 6) is 2.07. The highest BCUT2D eigenvalue weighted by Crippen LogP contribution is 2.33. The van der Waals surface area contributed by atoms with E-state index in [9.17, 15) is 0 Å². The summed E-state index contributed by atoms with van der Waals surface area (Å²) in [4.78, 5) is 0. The molecule has 26 heavy (non-hydrogen) atoms. The third-order valence-electron chi connectivity index (χ3n) is 4.22. The third-order valence-corrected chi connectivity index (χ3v) is 4.22. The van der Waals surface area contributed by atoms with E-state index in [0.717, 1.165) is 39.1 Å². The molecular formula is C22H18N2O2. The number of benzene rings is 3. The zero-order valence-electron chi connectivity index (χ0n) is 14.6. The van der Waals surface area contributed by atoms with Crippen LogP contribution in [-0.2, 0) is 0 Å². The summed E-state index contributed by atoms with van der Waals surface area (Å²) in [6, 6.07) is 23.7. The minimum atomic E-state index is 0.503. The Morgan fingerprint density at radius 3 is 2.23 bits per heavy atom. The van der Waals surface area contributed by atoms with Crippen molar-refractivity contribution >= 4 is 10.8 Å². The van der Waals surface area contributed by atoms with Crippen molar-refractivity contribution in [1.29, 1.82) is 0 Å². The molecule has 0 fully saturated rings. The fraction of sp³-hybridized carbons (Fsp3) is 0.0909. The molecular weight excluding hydrogens is 324 g/mol. The van der Waals surface area contributed by atoms with Gasteiger partial charge in [-0.25, -0.2) is 0 Å². The van der Waals surface area contributed by atoms with Crippen LogP contribution in [0, 0.1) is 6.92 Å². The van der Waals surface area contributed by atoms with E-state index < -0.39 is 0 Å². The van der Waals surface area contributed by atoms with Crippen LogP contribution in [0.25, 0.3) is 22.0 Å². The molecule has 3 aromatic carbocycles. The van der Waals surface area contributed by atoms with Gasteiger partial charge in [0.25, 0.3) is 0 Å². The first-order valence-electron chi connectivity index (χ1n) is 8.39. The Bertz CT molecular complexity index is 1060. The molecule has 0 saturated carbocycles. The molecule has 0 saturated heterocycles. The highest BCUT2D eigenvalue weighted by atomic mass is 16.5. The van der Waals surface area contributed by atoms with Crippen LogP contribution in [-0.4, -0.2) is 17.3 Å². The van der Waals surface area contributed by atoms with Gasteiger partial charge in [-0.05, 0) is 55.0 Å². The van der Waals surface area contributed by atoms with Crippen molar-refractivity contribution in [3.8, 4) is 28.6 Å². The Balaban J connectivity index is 1.80. The molecule has 0 aliphatic rings. The molecule has 1 aromatic heterocycles. The third kappa shape index (κ3) is 3.09. The average Bonchev–Trinajstić information content (AvgIpc) is 2.68. The van der Waals surface area contributed by atoms with E-state index in [0.29, 0.717) is 5.88 Å². The Morgan fingerprint density at radius 1 is 0.731 bits per heavy atom. The van der Waals surface area contributed by atoms with Crippen LogP contribution in [0.15, 0.2) is 72.8 Å². The lowest BCUT2D eigenvalue weighted by molar-refractivity contribution is 0.415. The van der Waals surface area contributed by atoms with Crippen molar-refractivity contribution in [2.45, 2.75) is 6.92 Å². The summed E-state index contributed by atoms with van der Waals surface area (Å²) >= 11 is 0. The number of rotatable bonds is 4. The van der Waals surface area contributed by atoms with Gasteiger partial charge in [0.15, 0.2) is 0 Å². The molecule has 0 atom stereocenters. The van der Waals surface area contributed by atoms with Gasteiger partial charge >= 0.3 is 0 Å². The number of hydrogen-bond acceptors (Lipinski definition) is 4. The van der Waals surface area contributed by atoms with Crippen LogP contribution in [0.2, 0.25) is 0 Å². The first-order valence-corrected chi connectivity index (χ1v) is 8.39. The van der Waals surface area contributed by atoms with Crippen LogP contribution in [0.4, 0.5) is 0 Å². The molecule has 0 amide bonds. The highest BCUT2D eigenvalue weighted by molar-refractivity contribution is 5.97. The lowest BCUT2D eigenvalue weighted by atomic mass is 10.0. The quantitative estimate of drug-likeness (QED) is 0.498. The molecule has 0 bridgehead atoms. The molecule has 4 nitrogen and oxygen atoms in total. The smallest absolute Gasteiger partial charge is 0.246 e. The molecule has 0 aliphatic heterocycles. The van der Waals surface area contributed by atoms with Crippen molar-refractivity contribution in [3.63, 3.8) is 0 Å². The zero-order valence-corrected chi connectivity index (χ0v) is 14.6. The van der Waals surface area contributed by atoms with Crippen molar-refractivity contribution in [2.24, 2.45) is 0 Å². The van der Waals surface area contributed by atoms with E-state index in [-0.39, 0.29) is 0 Å². The average molecular weight is 342 g/mol. The molecule has 128 valence electrons. The second-order valence-electron chi connectivity index (χ2n) is 6.05. The lowest BCUT2D eigenvalue weighted by Crippen LogP contribution is -1.96. The summed E-state index contributed by atoms with van der Waals surface area (Å²) in [6.07, 6.45) is 0. The predicted molar refractivity (Wildman–Crippen MR) is 103 cm³/mol. The lowest BCUT2D eigenvalue weighted by Gasteiger charge is -2.11. The summed E-state index contributed by atoms with van der Waals surface area (Å²) in [5.41, 5.74) is 2.94. The Hall–Kier alpha value is -3.40. The first kappa shape index (κ1) is 16.1. The van der Waals surface area contributed by atoms with Crippen LogP contribution in [0.1, 0.15) is 5.56 Å². The van der Waals surface area contributed by atoms with Gasteiger partial charge in [0.2, 0.25) is 5.88 Å². The topological polar surface area (TPSA) is 44.2 Å². The fourth-order valence-electron chi connectivity index (χ4n) is 2.91. The van der Waals surface area contributed by atoms with E-state index in [4.69, 9.17) is 9.47 Å². The zero-order chi connectivity index (χ0) is 17.9. The van der Waals surface area contributed by atoms with E-state index in [1.807, 2.05) is 79.7 Å². The number of methoxy groups -OCH3 is 1. The predicted octanol–water partition coefficient (Wildman–Crippen LogP) is 5.41. The molecule has 4 heteroatoms. The van der Waals surface area contributed by atoms with E-state index in [1.165, 1.54) is 0 Å². The summed E-state index contributed by atoms with van der Waals surface area (Å²) < 4.78 is 11.2. The van der Waals surface area contributed by atoms with Crippen molar-refractivity contribution in [2.75, 3.05) is 7.11 Å². The molecule has 0 aliphatic carbocycles. The molecule has 0 spiro atoms. The largest absolute Gasteiger partial charge is 0.497 e. The fourth-order valence-corrected chi connectivity index (χ4v) is 2.91. The second-order valence-corrected chi connectivity index (χ2v) is 6.05. The van der Waals surface area contributed by atoms with Gasteiger partial charge in [0.05, 0.1) is 7.11 Å². The number of fused-ring (bicyclic) bond motifs is 1. The number of aromatic nitrogens is 2. The van der Waals surface area contributed by atoms with Crippen molar-refractivity contribution < 1.29 is 9.47 Å². The second kappa shape index (κ2) is 6.84. The van der Waals surface area contributed by atoms with E-state index in [2.05, 4.69) is 10.2 Å². The Morgan fingerprint density at radius 2 is 1.50 bits per heavy atom. The standard InChI is InChI=1S/C22H18N2O2/c1-15-6-5-7-18(14-15)26-22-20-9-4-3-8-19(20)21(23-24-22)16-10-12-17(25-2)13-11-16/h3-14H,1-2H3. The van der Waals surface area contributed by atoms with Crippen molar-refractivity contribution in [1.82, 2.24) is 10.2 Å². The van der Waals surface area contributed by atoms with Gasteiger partial charge in [-0.15, -0.1) is 10.2 Å². The van der Waals surface area contributed by atoms with Gasteiger partial charge < -0.3 is 9.47 Å². The minimum absolute atomic E-state index is 0.503. The maximum Gasteiger partial charge on any atom is 0.246 e. The van der Waals surface area contributed by atoms with Crippen LogP contribution >= 0.6 is 0 Å². The molecule has 4 rings (SSSR count). The van der Waals surface area contributed by atoms with Gasteiger partial charge in [-0.3, -0.25) is 0 Å². The highest BCUT2D eigenvalue weighted by Gasteiger charge is 2.12. The van der Waals surface area contributed by atoms with Gasteiger partial charge in [-0.2, -0.15) is 0 Å². The van der Waals surface area contributed by atoms with Gasteiger partial charge in [0.1, 0.15) is 17.2 Å². The minimum Gasteiger partial charge on any atom is -0.497 e. The van der Waals surface area contributed by atoms with E-state index >= 15 is 0 Å². The maximum absolute atomic E-state index is 6.01. The first-order chi connectivity index (χ1) is 12.7. The molecule has 0 N–H and O–H groups in total. The molecule has 1 heterocycles. The van der Waals surface area contributed by atoms with E-state index in [1.54, 1.807) is 7.11 Å². The van der Waals surface area contributed by atoms with Gasteiger partial charge in [0, 0.05) is 16.3 Å². The van der Waals surface area contributed by atoms with Crippen LogP contribution < -0.4 is 9.47 Å². The number of hydrogen-bond donors (Lipinski definition) is 0. The summed E-state index contributed by atoms with van der Waals surface area (Å²) in [5, 5.41) is 10.7. The summed E-state index contributed by atoms with van der Waals surface area (Å²) in [6.45, 7) is 2.03. The Kier molecular flexibility index (Phi) is 4.23. The van der Waals surface area contributed by atoms with Crippen molar-refractivity contribution in [3.05, 3.63) is 78.4 Å². The summed E-state index contributed by atoms with van der Waals surface area (Å²) in [7, 11) is 1.65. The Labute approximate surface area is 152 Å². The number of aryl methyl sites for hydroxylation is 1. The molecule has 4 aromatic rings. The number of ether oxygens (including phenoxy) is 2. The SMILES string of the molecule is COc1ccc(-c2nnc(Oc3cccc(C)c3)c3ccccc23)cc1. The van der Waals surface area contributed by atoms with Crippen LogP contribution in [0.3, 0.4) is 0 Å². The van der Waals surface area contributed by atoms with Gasteiger partial charge in [-0.1, -0.05) is 30.3 Å². The number of nitrogens with zero attached hydrogens (tertiary/aromatic N) is 2. The van der Waals surface area contributed by atoms with Crippen LogP contribution in [0.5, 0.6) is 17.4 Å². The molecule has 0 radical (unpaired) electrons.